The second-order valence-electron chi connectivity index (χ2n) is 7.12. The van der Waals surface area contributed by atoms with Crippen LogP contribution in [-0.4, -0.2) is 39.4 Å². The molecular formula is C22H23N9S. The van der Waals surface area contributed by atoms with Gasteiger partial charge in [-0.1, -0.05) is 59.9 Å². The van der Waals surface area contributed by atoms with Gasteiger partial charge in [0.05, 0.1) is 5.69 Å². The van der Waals surface area contributed by atoms with E-state index in [0.717, 1.165) is 11.3 Å². The minimum Gasteiger partial charge on any atom is -0.384 e. The number of hydrogen-bond donors (Lipinski definition) is 2. The summed E-state index contributed by atoms with van der Waals surface area (Å²) in [6.07, 6.45) is 0. The minimum absolute atomic E-state index is 0.128. The van der Waals surface area contributed by atoms with E-state index >= 15 is 0 Å². The van der Waals surface area contributed by atoms with Crippen molar-refractivity contribution in [2.45, 2.75) is 0 Å². The standard InChI is InChI=1S/C22H23N9S/c1-30(2)21-27-19(26-20(24)29-21)16-17(23)31(3)22(32-16)28-18(14-10-6-4-7-11-14)25-15-12-8-5-9-13-15/h4-13H,23H2,1-3H3,(H2,24,26,27,29). The van der Waals surface area contributed by atoms with E-state index in [9.17, 15) is 0 Å². The van der Waals surface area contributed by atoms with Gasteiger partial charge in [-0.15, -0.1) is 0 Å². The molecule has 9 nitrogen and oxygen atoms in total. The van der Waals surface area contributed by atoms with Crippen molar-refractivity contribution in [1.82, 2.24) is 19.5 Å². The van der Waals surface area contributed by atoms with Gasteiger partial charge in [0.2, 0.25) is 11.9 Å². The van der Waals surface area contributed by atoms with Gasteiger partial charge < -0.3 is 20.9 Å². The smallest absolute Gasteiger partial charge is 0.230 e. The number of amidine groups is 1. The monoisotopic (exact) mass is 445 g/mol. The molecule has 32 heavy (non-hydrogen) atoms. The number of thiazole rings is 1. The van der Waals surface area contributed by atoms with Crippen LogP contribution in [0, 0.1) is 0 Å². The Bertz CT molecular complexity index is 1320. The SMILES string of the molecule is CN(C)c1nc(N)nc(-c2sc(=NC(=Nc3ccccc3)c3ccccc3)n(C)c2N)n1. The van der Waals surface area contributed by atoms with E-state index in [1.165, 1.54) is 11.3 Å². The van der Waals surface area contributed by atoms with Crippen LogP contribution in [0.5, 0.6) is 0 Å². The second kappa shape index (κ2) is 8.98. The van der Waals surface area contributed by atoms with Crippen molar-refractivity contribution in [2.75, 3.05) is 30.5 Å². The molecule has 2 heterocycles. The van der Waals surface area contributed by atoms with Crippen molar-refractivity contribution >= 4 is 40.6 Å². The highest BCUT2D eigenvalue weighted by atomic mass is 32.1. The van der Waals surface area contributed by atoms with Crippen molar-refractivity contribution in [3.8, 4) is 10.7 Å². The van der Waals surface area contributed by atoms with E-state index in [4.69, 9.17) is 21.5 Å². The molecule has 0 radical (unpaired) electrons. The first-order valence-electron chi connectivity index (χ1n) is 9.81. The van der Waals surface area contributed by atoms with Gasteiger partial charge in [-0.05, 0) is 12.1 Å². The Hall–Kier alpha value is -4.05. The van der Waals surface area contributed by atoms with Crippen LogP contribution in [0.25, 0.3) is 10.7 Å². The maximum absolute atomic E-state index is 6.40. The Morgan fingerprint density at radius 1 is 0.938 bits per heavy atom. The van der Waals surface area contributed by atoms with Gasteiger partial charge in [-0.3, -0.25) is 0 Å². The number of para-hydroxylation sites is 1. The number of aliphatic imine (C=N–C) groups is 1. The molecule has 162 valence electrons. The second-order valence-corrected chi connectivity index (χ2v) is 8.10. The summed E-state index contributed by atoms with van der Waals surface area (Å²) in [7, 11) is 5.52. The van der Waals surface area contributed by atoms with Crippen LogP contribution in [0.2, 0.25) is 0 Å². The van der Waals surface area contributed by atoms with Crippen LogP contribution in [0.4, 0.5) is 23.4 Å². The zero-order valence-electron chi connectivity index (χ0n) is 18.0. The molecule has 0 unspecified atom stereocenters. The Morgan fingerprint density at radius 2 is 1.59 bits per heavy atom. The normalized spacial score (nSPS) is 12.2. The Morgan fingerprint density at radius 3 is 2.25 bits per heavy atom. The summed E-state index contributed by atoms with van der Waals surface area (Å²) in [5, 5.41) is 0. The third-order valence-corrected chi connectivity index (χ3v) is 5.69. The van der Waals surface area contributed by atoms with Crippen LogP contribution in [0.1, 0.15) is 5.56 Å². The number of nitrogens with zero attached hydrogens (tertiary/aromatic N) is 7. The summed E-state index contributed by atoms with van der Waals surface area (Å²) in [4.78, 5) is 25.6. The molecule has 4 aromatic rings. The van der Waals surface area contributed by atoms with Gasteiger partial charge in [0, 0.05) is 26.7 Å². The van der Waals surface area contributed by atoms with Gasteiger partial charge in [0.1, 0.15) is 10.7 Å². The molecule has 0 atom stereocenters. The van der Waals surface area contributed by atoms with E-state index < -0.39 is 0 Å². The number of nitrogens with two attached hydrogens (primary N) is 2. The average Bonchev–Trinajstić information content (AvgIpc) is 3.08. The Labute approximate surface area is 189 Å². The summed E-state index contributed by atoms with van der Waals surface area (Å²) in [6.45, 7) is 0. The molecular weight excluding hydrogens is 422 g/mol. The molecule has 2 aromatic carbocycles. The van der Waals surface area contributed by atoms with Crippen molar-refractivity contribution in [2.24, 2.45) is 17.0 Å². The number of nitrogen functional groups attached to an aromatic ring is 2. The molecule has 0 fully saturated rings. The lowest BCUT2D eigenvalue weighted by atomic mass is 10.2. The number of anilines is 3. The van der Waals surface area contributed by atoms with E-state index in [1.807, 2.05) is 81.8 Å². The van der Waals surface area contributed by atoms with E-state index in [2.05, 4.69) is 15.0 Å². The largest absolute Gasteiger partial charge is 0.384 e. The lowest BCUT2D eigenvalue weighted by Gasteiger charge is -2.10. The molecule has 10 heteroatoms. The van der Waals surface area contributed by atoms with Crippen molar-refractivity contribution in [1.29, 1.82) is 0 Å². The number of aromatic nitrogens is 4. The molecule has 0 amide bonds. The molecule has 4 rings (SSSR count). The summed E-state index contributed by atoms with van der Waals surface area (Å²) >= 11 is 1.37. The van der Waals surface area contributed by atoms with Gasteiger partial charge >= 0.3 is 0 Å². The topological polar surface area (TPSA) is 124 Å². The van der Waals surface area contributed by atoms with Crippen LogP contribution in [-0.2, 0) is 7.05 Å². The summed E-state index contributed by atoms with van der Waals surface area (Å²) in [5.41, 5.74) is 14.0. The van der Waals surface area contributed by atoms with E-state index in [-0.39, 0.29) is 5.95 Å². The first-order valence-corrected chi connectivity index (χ1v) is 10.6. The Balaban J connectivity index is 1.87. The number of benzene rings is 2. The predicted octanol–water partition coefficient (Wildman–Crippen LogP) is 2.85. The zero-order chi connectivity index (χ0) is 22.7. The van der Waals surface area contributed by atoms with E-state index in [1.54, 1.807) is 9.47 Å². The highest BCUT2D eigenvalue weighted by Gasteiger charge is 2.16. The summed E-state index contributed by atoms with van der Waals surface area (Å²) < 4.78 is 1.79. The molecule has 0 aliphatic heterocycles. The van der Waals surface area contributed by atoms with Crippen LogP contribution in [0.3, 0.4) is 0 Å². The highest BCUT2D eigenvalue weighted by Crippen LogP contribution is 2.27. The summed E-state index contributed by atoms with van der Waals surface area (Å²) in [5.74, 6) is 2.04. The molecule has 0 aliphatic rings. The first-order chi connectivity index (χ1) is 15.4. The molecule has 0 spiro atoms. The number of rotatable bonds is 4. The fraction of sp³-hybridized carbons (Fsp3) is 0.136. The first kappa shape index (κ1) is 21.2. The predicted molar refractivity (Wildman–Crippen MR) is 130 cm³/mol. The van der Waals surface area contributed by atoms with Crippen LogP contribution >= 0.6 is 11.3 Å². The third-order valence-electron chi connectivity index (χ3n) is 4.54. The molecule has 4 N–H and O–H groups in total. The molecule has 0 saturated carbocycles. The Kier molecular flexibility index (Phi) is 5.95. The van der Waals surface area contributed by atoms with E-state index in [0.29, 0.717) is 33.1 Å². The maximum Gasteiger partial charge on any atom is 0.230 e. The highest BCUT2D eigenvalue weighted by molar-refractivity contribution is 7.13. The third kappa shape index (κ3) is 4.49. The quantitative estimate of drug-likeness (QED) is 0.368. The maximum atomic E-state index is 6.40. The van der Waals surface area contributed by atoms with Gasteiger partial charge in [0.15, 0.2) is 16.5 Å². The van der Waals surface area contributed by atoms with Crippen molar-refractivity contribution < 1.29 is 0 Å². The molecule has 2 aromatic heterocycles. The minimum atomic E-state index is 0.128. The average molecular weight is 446 g/mol. The van der Waals surface area contributed by atoms with Crippen LogP contribution in [0.15, 0.2) is 70.6 Å². The van der Waals surface area contributed by atoms with Gasteiger partial charge in [-0.25, -0.2) is 9.98 Å². The lowest BCUT2D eigenvalue weighted by molar-refractivity contribution is 0.889. The van der Waals surface area contributed by atoms with Gasteiger partial charge in [-0.2, -0.15) is 15.0 Å². The van der Waals surface area contributed by atoms with Crippen molar-refractivity contribution in [3.05, 3.63) is 71.0 Å². The number of hydrogen-bond acceptors (Lipinski definition) is 8. The summed E-state index contributed by atoms with van der Waals surface area (Å²) in [6, 6.07) is 19.5. The lowest BCUT2D eigenvalue weighted by Crippen LogP contribution is -2.16. The molecule has 0 aliphatic carbocycles. The fourth-order valence-corrected chi connectivity index (χ4v) is 3.84. The zero-order valence-corrected chi connectivity index (χ0v) is 18.8. The fourth-order valence-electron chi connectivity index (χ4n) is 2.86. The molecule has 0 saturated heterocycles. The van der Waals surface area contributed by atoms with Crippen LogP contribution < -0.4 is 21.2 Å². The van der Waals surface area contributed by atoms with Gasteiger partial charge in [0.25, 0.3) is 0 Å². The molecule has 0 bridgehead atoms. The van der Waals surface area contributed by atoms with Crippen molar-refractivity contribution in [3.63, 3.8) is 0 Å².